The molecule has 9 nitrogen and oxygen atoms in total. The Hall–Kier alpha value is -2.71. The molecule has 3 rings (SSSR count). The molecular weight excluding hydrogens is 366 g/mol. The van der Waals surface area contributed by atoms with E-state index >= 15 is 0 Å². The van der Waals surface area contributed by atoms with Gasteiger partial charge in [0.1, 0.15) is 0 Å². The van der Waals surface area contributed by atoms with Gasteiger partial charge in [-0.3, -0.25) is 29.4 Å². The van der Waals surface area contributed by atoms with E-state index in [4.69, 9.17) is 4.74 Å². The van der Waals surface area contributed by atoms with Gasteiger partial charge in [-0.05, 0) is 25.7 Å². The molecule has 0 unspecified atom stereocenters. The largest absolute Gasteiger partial charge is 0.456 e. The molecule has 0 bridgehead atoms. The molecule has 9 heteroatoms. The normalized spacial score (nSPS) is 24.2. The first-order valence-corrected chi connectivity index (χ1v) is 9.72. The van der Waals surface area contributed by atoms with Crippen LogP contribution in [-0.2, 0) is 23.9 Å². The van der Waals surface area contributed by atoms with Gasteiger partial charge in [0.05, 0.1) is 18.3 Å². The van der Waals surface area contributed by atoms with Crippen LogP contribution in [0.5, 0.6) is 0 Å². The Morgan fingerprint density at radius 3 is 2.25 bits per heavy atom. The van der Waals surface area contributed by atoms with Crippen molar-refractivity contribution in [1.82, 2.24) is 15.5 Å². The number of imide groups is 2. The molecule has 152 valence electrons. The van der Waals surface area contributed by atoms with Crippen LogP contribution in [0.4, 0.5) is 4.79 Å². The van der Waals surface area contributed by atoms with Crippen LogP contribution in [0.25, 0.3) is 0 Å². The molecule has 0 aromatic rings. The molecule has 3 aliphatic rings. The summed E-state index contributed by atoms with van der Waals surface area (Å²) in [5, 5.41) is 4.81. The lowest BCUT2D eigenvalue weighted by Crippen LogP contribution is -2.45. The van der Waals surface area contributed by atoms with E-state index in [9.17, 15) is 24.0 Å². The zero-order valence-electron chi connectivity index (χ0n) is 15.6. The average Bonchev–Trinajstić information content (AvgIpc) is 3.26. The standard InChI is InChI=1S/C19H25N3O6/c23-15(21-19(27)20-12-5-1-2-6-12)11-28-16(24)9-10-22-17(25)13-7-3-4-8-14(13)18(22)26/h3-4,12-14H,1-2,5-11H2,(H2,20,21,23,27)/t13-,14-/m1/s1. The molecule has 1 saturated heterocycles. The predicted octanol–water partition coefficient (Wildman–Crippen LogP) is 0.639. The third-order valence-corrected chi connectivity index (χ3v) is 5.45. The molecule has 5 amide bonds. The van der Waals surface area contributed by atoms with Gasteiger partial charge in [-0.1, -0.05) is 25.0 Å². The molecule has 2 N–H and O–H groups in total. The van der Waals surface area contributed by atoms with E-state index in [0.717, 1.165) is 30.6 Å². The predicted molar refractivity (Wildman–Crippen MR) is 96.6 cm³/mol. The fraction of sp³-hybridized carbons (Fsp3) is 0.632. The fourth-order valence-electron chi connectivity index (χ4n) is 3.97. The Bertz CT molecular complexity index is 672. The highest BCUT2D eigenvalue weighted by molar-refractivity contribution is 6.05. The Morgan fingerprint density at radius 1 is 1.04 bits per heavy atom. The van der Waals surface area contributed by atoms with Gasteiger partial charge in [-0.15, -0.1) is 0 Å². The number of hydrogen-bond donors (Lipinski definition) is 2. The number of nitrogens with one attached hydrogen (secondary N) is 2. The number of amides is 5. The molecule has 2 fully saturated rings. The summed E-state index contributed by atoms with van der Waals surface area (Å²) in [6, 6.07) is -0.526. The highest BCUT2D eigenvalue weighted by Gasteiger charge is 2.46. The van der Waals surface area contributed by atoms with Gasteiger partial charge in [-0.2, -0.15) is 0 Å². The number of rotatable bonds is 6. The molecule has 0 spiro atoms. The first-order chi connectivity index (χ1) is 13.5. The summed E-state index contributed by atoms with van der Waals surface area (Å²) >= 11 is 0. The third kappa shape index (κ3) is 4.76. The number of urea groups is 1. The lowest BCUT2D eigenvalue weighted by atomic mass is 9.85. The summed E-state index contributed by atoms with van der Waals surface area (Å²) in [7, 11) is 0. The number of esters is 1. The Balaban J connectivity index is 1.35. The smallest absolute Gasteiger partial charge is 0.321 e. The van der Waals surface area contributed by atoms with Crippen LogP contribution in [-0.4, -0.2) is 53.8 Å². The van der Waals surface area contributed by atoms with Crippen molar-refractivity contribution in [2.45, 2.75) is 51.0 Å². The fourth-order valence-corrected chi connectivity index (χ4v) is 3.97. The number of nitrogens with zero attached hydrogens (tertiary/aromatic N) is 1. The van der Waals surface area contributed by atoms with Crippen LogP contribution in [0.1, 0.15) is 44.9 Å². The lowest BCUT2D eigenvalue weighted by Gasteiger charge is -2.14. The van der Waals surface area contributed by atoms with Crippen LogP contribution in [0, 0.1) is 11.8 Å². The van der Waals surface area contributed by atoms with Crippen molar-refractivity contribution in [1.29, 1.82) is 0 Å². The van der Waals surface area contributed by atoms with Crippen molar-refractivity contribution in [2.24, 2.45) is 11.8 Å². The van der Waals surface area contributed by atoms with Crippen molar-refractivity contribution in [3.05, 3.63) is 12.2 Å². The quantitative estimate of drug-likeness (QED) is 0.389. The van der Waals surface area contributed by atoms with E-state index in [0.29, 0.717) is 12.8 Å². The van der Waals surface area contributed by atoms with Crippen molar-refractivity contribution >= 4 is 29.7 Å². The summed E-state index contributed by atoms with van der Waals surface area (Å²) in [5.74, 6) is -2.62. The van der Waals surface area contributed by atoms with E-state index in [1.165, 1.54) is 0 Å². The number of likely N-dealkylation sites (tertiary alicyclic amines) is 1. The molecule has 0 aromatic carbocycles. The van der Waals surface area contributed by atoms with Gasteiger partial charge in [0, 0.05) is 12.6 Å². The van der Waals surface area contributed by atoms with E-state index in [1.54, 1.807) is 0 Å². The number of carbonyl (C=O) groups is 5. The summed E-state index contributed by atoms with van der Waals surface area (Å²) in [4.78, 5) is 60.9. The molecule has 1 aliphatic heterocycles. The topological polar surface area (TPSA) is 122 Å². The minimum atomic E-state index is -0.728. The van der Waals surface area contributed by atoms with Gasteiger partial charge in [0.25, 0.3) is 5.91 Å². The summed E-state index contributed by atoms with van der Waals surface area (Å²) < 4.78 is 4.83. The average molecular weight is 391 g/mol. The SMILES string of the molecule is O=C(COC(=O)CCN1C(=O)[C@@H]2CC=CC[C@H]2C1=O)NC(=O)NC1CCCC1. The van der Waals surface area contributed by atoms with Gasteiger partial charge in [-0.25, -0.2) is 4.79 Å². The first kappa shape index (κ1) is 20.0. The van der Waals surface area contributed by atoms with Gasteiger partial charge < -0.3 is 10.1 Å². The third-order valence-electron chi connectivity index (χ3n) is 5.45. The Kier molecular flexibility index (Phi) is 6.43. The maximum Gasteiger partial charge on any atom is 0.321 e. The van der Waals surface area contributed by atoms with Crippen molar-refractivity contribution in [3.63, 3.8) is 0 Å². The van der Waals surface area contributed by atoms with Gasteiger partial charge in [0.15, 0.2) is 6.61 Å². The van der Waals surface area contributed by atoms with E-state index in [2.05, 4.69) is 10.6 Å². The van der Waals surface area contributed by atoms with Crippen molar-refractivity contribution in [2.75, 3.05) is 13.2 Å². The van der Waals surface area contributed by atoms with E-state index in [-0.39, 0.29) is 42.7 Å². The van der Waals surface area contributed by atoms with E-state index < -0.39 is 24.5 Å². The number of hydrogen-bond acceptors (Lipinski definition) is 6. The molecule has 1 heterocycles. The highest BCUT2D eigenvalue weighted by Crippen LogP contribution is 2.34. The van der Waals surface area contributed by atoms with E-state index in [1.807, 2.05) is 12.2 Å². The Morgan fingerprint density at radius 2 is 1.64 bits per heavy atom. The molecule has 0 radical (unpaired) electrons. The zero-order chi connectivity index (χ0) is 20.1. The number of carbonyl (C=O) groups excluding carboxylic acids is 5. The number of allylic oxidation sites excluding steroid dienone is 2. The second kappa shape index (κ2) is 8.99. The Labute approximate surface area is 162 Å². The maximum absolute atomic E-state index is 12.3. The van der Waals surface area contributed by atoms with Crippen molar-refractivity contribution in [3.8, 4) is 0 Å². The summed E-state index contributed by atoms with van der Waals surface area (Å²) in [6.07, 6.45) is 8.57. The van der Waals surface area contributed by atoms with Gasteiger partial charge in [0.2, 0.25) is 11.8 Å². The monoisotopic (exact) mass is 391 g/mol. The second-order valence-corrected chi connectivity index (χ2v) is 7.40. The van der Waals surface area contributed by atoms with Crippen LogP contribution in [0.2, 0.25) is 0 Å². The molecule has 0 aromatic heterocycles. The van der Waals surface area contributed by atoms with Crippen LogP contribution < -0.4 is 10.6 Å². The maximum atomic E-state index is 12.3. The first-order valence-electron chi connectivity index (χ1n) is 9.72. The summed E-state index contributed by atoms with van der Waals surface area (Å²) in [6.45, 7) is -0.652. The van der Waals surface area contributed by atoms with Crippen LogP contribution in [0.15, 0.2) is 12.2 Å². The number of ether oxygens (including phenoxy) is 1. The molecule has 1 saturated carbocycles. The highest BCUT2D eigenvalue weighted by atomic mass is 16.5. The van der Waals surface area contributed by atoms with Crippen molar-refractivity contribution < 1.29 is 28.7 Å². The summed E-state index contributed by atoms with van der Waals surface area (Å²) in [5.41, 5.74) is 0. The second-order valence-electron chi connectivity index (χ2n) is 7.40. The molecule has 28 heavy (non-hydrogen) atoms. The van der Waals surface area contributed by atoms with Gasteiger partial charge >= 0.3 is 12.0 Å². The zero-order valence-corrected chi connectivity index (χ0v) is 15.6. The lowest BCUT2D eigenvalue weighted by molar-refractivity contribution is -0.149. The number of fused-ring (bicyclic) bond motifs is 1. The minimum Gasteiger partial charge on any atom is -0.456 e. The van der Waals surface area contributed by atoms with Crippen LogP contribution >= 0.6 is 0 Å². The molecule has 2 aliphatic carbocycles. The minimum absolute atomic E-state index is 0.0622. The molecule has 2 atom stereocenters. The van der Waals surface area contributed by atoms with Crippen LogP contribution in [0.3, 0.4) is 0 Å². The molecular formula is C19H25N3O6.